The van der Waals surface area contributed by atoms with Gasteiger partial charge in [-0.25, -0.2) is 15.0 Å². The third kappa shape index (κ3) is 3.48. The van der Waals surface area contributed by atoms with Gasteiger partial charge in [0.05, 0.1) is 5.02 Å². The number of H-pyrrole nitrogens is 1. The van der Waals surface area contributed by atoms with Crippen molar-refractivity contribution in [1.82, 2.24) is 24.9 Å². The van der Waals surface area contributed by atoms with Crippen molar-refractivity contribution in [3.05, 3.63) is 77.0 Å². The second-order valence-electron chi connectivity index (χ2n) is 5.79. The number of rotatable bonds is 5. The van der Waals surface area contributed by atoms with Crippen molar-refractivity contribution in [2.45, 2.75) is 13.0 Å². The molecular formula is C18H14ClFN6. The predicted octanol–water partition coefficient (Wildman–Crippen LogP) is 3.74. The van der Waals surface area contributed by atoms with Crippen LogP contribution in [0.2, 0.25) is 5.02 Å². The summed E-state index contributed by atoms with van der Waals surface area (Å²) in [5, 5.41) is 4.50. The molecule has 8 heteroatoms. The summed E-state index contributed by atoms with van der Waals surface area (Å²) in [5.74, 6) is -0.0566. The van der Waals surface area contributed by atoms with Crippen LogP contribution in [-0.4, -0.2) is 24.9 Å². The number of anilines is 1. The van der Waals surface area contributed by atoms with Gasteiger partial charge in [-0.2, -0.15) is 4.39 Å². The first kappa shape index (κ1) is 16.4. The van der Waals surface area contributed by atoms with E-state index in [2.05, 4.69) is 30.2 Å². The van der Waals surface area contributed by atoms with E-state index in [9.17, 15) is 4.39 Å². The highest BCUT2D eigenvalue weighted by molar-refractivity contribution is 6.30. The van der Waals surface area contributed by atoms with Crippen molar-refractivity contribution >= 4 is 28.5 Å². The Hall–Kier alpha value is -3.06. The molecule has 4 heterocycles. The van der Waals surface area contributed by atoms with E-state index in [1.54, 1.807) is 36.8 Å². The van der Waals surface area contributed by atoms with Gasteiger partial charge in [-0.3, -0.25) is 4.98 Å². The number of nitrogens with one attached hydrogen (secondary N) is 2. The summed E-state index contributed by atoms with van der Waals surface area (Å²) in [7, 11) is 0. The highest BCUT2D eigenvalue weighted by Crippen LogP contribution is 2.21. The molecule has 130 valence electrons. The Morgan fingerprint density at radius 1 is 1.12 bits per heavy atom. The van der Waals surface area contributed by atoms with E-state index >= 15 is 0 Å². The number of fused-ring (bicyclic) bond motifs is 1. The van der Waals surface area contributed by atoms with Gasteiger partial charge in [0, 0.05) is 48.7 Å². The maximum atomic E-state index is 14.4. The number of halogens is 2. The Balaban J connectivity index is 1.49. The monoisotopic (exact) mass is 368 g/mol. The van der Waals surface area contributed by atoms with Crippen molar-refractivity contribution in [2.24, 2.45) is 0 Å². The van der Waals surface area contributed by atoms with E-state index in [0.29, 0.717) is 29.4 Å². The van der Waals surface area contributed by atoms with Crippen LogP contribution < -0.4 is 5.32 Å². The van der Waals surface area contributed by atoms with Gasteiger partial charge in [-0.1, -0.05) is 17.7 Å². The predicted molar refractivity (Wildman–Crippen MR) is 97.5 cm³/mol. The van der Waals surface area contributed by atoms with Gasteiger partial charge in [0.15, 0.2) is 0 Å². The zero-order valence-electron chi connectivity index (χ0n) is 13.6. The lowest BCUT2D eigenvalue weighted by Gasteiger charge is -2.08. The minimum atomic E-state index is -0.509. The van der Waals surface area contributed by atoms with Crippen LogP contribution in [0.5, 0.6) is 0 Å². The summed E-state index contributed by atoms with van der Waals surface area (Å²) in [4.78, 5) is 19.2. The molecule has 0 fully saturated rings. The van der Waals surface area contributed by atoms with E-state index in [-0.39, 0.29) is 0 Å². The number of aromatic amines is 1. The van der Waals surface area contributed by atoms with E-state index in [4.69, 9.17) is 11.6 Å². The molecule has 0 spiro atoms. The first-order valence-electron chi connectivity index (χ1n) is 7.94. The van der Waals surface area contributed by atoms with Crippen LogP contribution in [0.3, 0.4) is 0 Å². The average molecular weight is 369 g/mol. The Kier molecular flexibility index (Phi) is 4.45. The van der Waals surface area contributed by atoms with E-state index in [0.717, 1.165) is 22.2 Å². The molecule has 0 radical (unpaired) electrons. The van der Waals surface area contributed by atoms with Gasteiger partial charge in [0.25, 0.3) is 0 Å². The number of hydrogen-bond acceptors (Lipinski definition) is 5. The third-order valence-corrected chi connectivity index (χ3v) is 4.19. The molecule has 4 rings (SSSR count). The van der Waals surface area contributed by atoms with Crippen LogP contribution in [0.25, 0.3) is 11.0 Å². The number of nitrogens with zero attached hydrogens (tertiary/aromatic N) is 4. The summed E-state index contributed by atoms with van der Waals surface area (Å²) in [6.45, 7) is 0.457. The molecule has 2 N–H and O–H groups in total. The van der Waals surface area contributed by atoms with Crippen LogP contribution in [0.15, 0.2) is 49.3 Å². The minimum absolute atomic E-state index is 0.407. The van der Waals surface area contributed by atoms with Crippen LogP contribution in [-0.2, 0) is 13.0 Å². The Labute approximate surface area is 153 Å². The lowest BCUT2D eigenvalue weighted by Crippen LogP contribution is -2.04. The second-order valence-corrected chi connectivity index (χ2v) is 6.22. The summed E-state index contributed by atoms with van der Waals surface area (Å²) < 4.78 is 14.4. The summed E-state index contributed by atoms with van der Waals surface area (Å²) in [6, 6.07) is 5.27. The summed E-state index contributed by atoms with van der Waals surface area (Å²) >= 11 is 5.90. The van der Waals surface area contributed by atoms with Gasteiger partial charge in [0.2, 0.25) is 5.95 Å². The van der Waals surface area contributed by atoms with E-state index in [1.165, 1.54) is 6.33 Å². The Morgan fingerprint density at radius 2 is 2.04 bits per heavy atom. The van der Waals surface area contributed by atoms with E-state index < -0.39 is 5.95 Å². The minimum Gasteiger partial charge on any atom is -0.366 e. The van der Waals surface area contributed by atoms with Crippen LogP contribution in [0.1, 0.15) is 16.7 Å². The smallest absolute Gasteiger partial charge is 0.218 e. The average Bonchev–Trinajstić information content (AvgIpc) is 3.05. The molecular weight excluding hydrogens is 355 g/mol. The fourth-order valence-corrected chi connectivity index (χ4v) is 2.90. The number of aromatic nitrogens is 5. The van der Waals surface area contributed by atoms with Crippen LogP contribution in [0, 0.1) is 5.95 Å². The van der Waals surface area contributed by atoms with Crippen molar-refractivity contribution < 1.29 is 4.39 Å². The van der Waals surface area contributed by atoms with Crippen LogP contribution in [0.4, 0.5) is 10.2 Å². The van der Waals surface area contributed by atoms with Gasteiger partial charge in [-0.15, -0.1) is 0 Å². The molecule has 0 aromatic carbocycles. The second kappa shape index (κ2) is 7.05. The lowest BCUT2D eigenvalue weighted by molar-refractivity contribution is 0.571. The first-order chi connectivity index (χ1) is 12.7. The van der Waals surface area contributed by atoms with Crippen molar-refractivity contribution in [2.75, 3.05) is 5.32 Å². The van der Waals surface area contributed by atoms with Gasteiger partial charge in [0.1, 0.15) is 17.8 Å². The quantitative estimate of drug-likeness (QED) is 0.524. The fraction of sp³-hybridized carbons (Fsp3) is 0.111. The SMILES string of the molecule is Fc1nc(NCc2cncc(Cl)c2)ccc1Cc1c[nH]c2ncncc12. The highest BCUT2D eigenvalue weighted by Gasteiger charge is 2.10. The normalized spacial score (nSPS) is 11.0. The van der Waals surface area contributed by atoms with Crippen LogP contribution >= 0.6 is 11.6 Å². The fourth-order valence-electron chi connectivity index (χ4n) is 2.70. The van der Waals surface area contributed by atoms with E-state index in [1.807, 2.05) is 6.20 Å². The maximum absolute atomic E-state index is 14.4. The molecule has 0 unspecified atom stereocenters. The van der Waals surface area contributed by atoms with Crippen molar-refractivity contribution in [3.8, 4) is 0 Å². The molecule has 0 aliphatic heterocycles. The molecule has 6 nitrogen and oxygen atoms in total. The molecule has 26 heavy (non-hydrogen) atoms. The highest BCUT2D eigenvalue weighted by atomic mass is 35.5. The van der Waals surface area contributed by atoms with Crippen molar-refractivity contribution in [3.63, 3.8) is 0 Å². The zero-order valence-corrected chi connectivity index (χ0v) is 14.3. The number of hydrogen-bond donors (Lipinski definition) is 2. The topological polar surface area (TPSA) is 79.4 Å². The largest absolute Gasteiger partial charge is 0.366 e. The molecule has 0 aliphatic carbocycles. The van der Waals surface area contributed by atoms with Gasteiger partial charge < -0.3 is 10.3 Å². The molecule has 0 saturated carbocycles. The maximum Gasteiger partial charge on any atom is 0.218 e. The lowest BCUT2D eigenvalue weighted by atomic mass is 10.1. The Morgan fingerprint density at radius 3 is 2.88 bits per heavy atom. The standard InChI is InChI=1S/C18H14ClFN6/c19-14-3-11(5-21-8-14)6-23-16-2-1-12(17(20)26-16)4-13-7-24-18-15(13)9-22-10-25-18/h1-3,5,7-10H,4,6H2,(H,23,26)(H,22,24,25). The summed E-state index contributed by atoms with van der Waals surface area (Å²) in [5.41, 5.74) is 3.05. The number of pyridine rings is 2. The first-order valence-corrected chi connectivity index (χ1v) is 8.31. The van der Waals surface area contributed by atoms with Gasteiger partial charge in [-0.05, 0) is 23.3 Å². The molecule has 4 aromatic heterocycles. The molecule has 0 aliphatic rings. The zero-order chi connectivity index (χ0) is 17.9. The summed E-state index contributed by atoms with van der Waals surface area (Å²) in [6.07, 6.45) is 8.67. The molecule has 0 atom stereocenters. The van der Waals surface area contributed by atoms with Crippen molar-refractivity contribution in [1.29, 1.82) is 0 Å². The molecule has 0 saturated heterocycles. The molecule has 0 bridgehead atoms. The molecule has 4 aromatic rings. The Bertz CT molecular complexity index is 1060. The third-order valence-electron chi connectivity index (χ3n) is 3.98. The molecule has 0 amide bonds. The van der Waals surface area contributed by atoms with Gasteiger partial charge >= 0.3 is 0 Å².